The molecule has 1 atom stereocenters. The molecule has 4 heteroatoms. The maximum Gasteiger partial charge on any atom is 0.270 e. The highest BCUT2D eigenvalue weighted by molar-refractivity contribution is 5.29. The van der Waals surface area contributed by atoms with E-state index >= 15 is 0 Å². The van der Waals surface area contributed by atoms with Gasteiger partial charge in [-0.05, 0) is 19.1 Å². The third-order valence-electron chi connectivity index (χ3n) is 1.95. The molecule has 0 fully saturated rings. The minimum Gasteiger partial charge on any atom is -0.389 e. The predicted octanol–water partition coefficient (Wildman–Crippen LogP) is 2.99. The average molecular weight is 204 g/mol. The summed E-state index contributed by atoms with van der Waals surface area (Å²) in [6, 6.07) is 2.94. The van der Waals surface area contributed by atoms with E-state index in [1.165, 1.54) is 6.92 Å². The van der Waals surface area contributed by atoms with Gasteiger partial charge in [-0.1, -0.05) is 6.07 Å². The smallest absolute Gasteiger partial charge is 0.270 e. The molecule has 0 amide bonds. The van der Waals surface area contributed by atoms with Crippen molar-refractivity contribution < 1.29 is 18.3 Å². The molecular weight excluding hydrogens is 193 g/mol. The Morgan fingerprint density at radius 1 is 1.36 bits per heavy atom. The molecule has 0 aliphatic rings. The lowest BCUT2D eigenvalue weighted by molar-refractivity contribution is 0.0171. The van der Waals surface area contributed by atoms with Crippen molar-refractivity contribution in [3.8, 4) is 0 Å². The number of aliphatic hydroxyl groups excluding tert-OH is 1. The van der Waals surface area contributed by atoms with Gasteiger partial charge in [0.2, 0.25) is 0 Å². The second kappa shape index (κ2) is 3.61. The van der Waals surface area contributed by atoms with Crippen LogP contribution < -0.4 is 0 Å². The van der Waals surface area contributed by atoms with Crippen molar-refractivity contribution in [1.29, 1.82) is 0 Å². The van der Waals surface area contributed by atoms with Crippen LogP contribution in [0.1, 0.15) is 31.1 Å². The molecule has 0 bridgehead atoms. The van der Waals surface area contributed by atoms with Gasteiger partial charge in [0.1, 0.15) is 5.82 Å². The number of hydrogen-bond acceptors (Lipinski definition) is 1. The van der Waals surface area contributed by atoms with Crippen LogP contribution in [0.25, 0.3) is 0 Å². The molecule has 0 aliphatic heterocycles. The van der Waals surface area contributed by atoms with E-state index in [4.69, 9.17) is 5.11 Å². The Bertz CT molecular complexity index is 329. The number of halogens is 3. The number of rotatable bonds is 2. The second-order valence-electron chi connectivity index (χ2n) is 3.30. The molecule has 1 aromatic rings. The number of alkyl halides is 2. The zero-order chi connectivity index (χ0) is 10.9. The second-order valence-corrected chi connectivity index (χ2v) is 3.30. The Labute approximate surface area is 80.2 Å². The highest BCUT2D eigenvalue weighted by Gasteiger charge is 2.25. The average Bonchev–Trinajstić information content (AvgIpc) is 2.02. The first-order valence-electron chi connectivity index (χ1n) is 4.18. The lowest BCUT2D eigenvalue weighted by Gasteiger charge is -2.13. The van der Waals surface area contributed by atoms with Crippen molar-refractivity contribution >= 4 is 0 Å². The van der Waals surface area contributed by atoms with Crippen LogP contribution in [0.15, 0.2) is 18.2 Å². The van der Waals surface area contributed by atoms with Gasteiger partial charge in [-0.25, -0.2) is 13.2 Å². The summed E-state index contributed by atoms with van der Waals surface area (Å²) in [5.41, 5.74) is -0.404. The summed E-state index contributed by atoms with van der Waals surface area (Å²) in [6.45, 7) is 2.06. The van der Waals surface area contributed by atoms with Crippen LogP contribution in [-0.4, -0.2) is 5.11 Å². The SMILES string of the molecule is CC(O)c1cc(C(C)(F)F)ccc1F. The fraction of sp³-hybridized carbons (Fsp3) is 0.400. The molecule has 0 heterocycles. The van der Waals surface area contributed by atoms with Crippen molar-refractivity contribution in [2.45, 2.75) is 25.9 Å². The summed E-state index contributed by atoms with van der Waals surface area (Å²) in [6.07, 6.45) is -1.09. The first kappa shape index (κ1) is 11.0. The Kier molecular flexibility index (Phi) is 2.85. The first-order valence-corrected chi connectivity index (χ1v) is 4.18. The summed E-state index contributed by atoms with van der Waals surface area (Å²) in [5, 5.41) is 9.11. The van der Waals surface area contributed by atoms with Crippen LogP contribution in [0, 0.1) is 5.82 Å². The summed E-state index contributed by atoms with van der Waals surface area (Å²) in [7, 11) is 0. The third-order valence-corrected chi connectivity index (χ3v) is 1.95. The highest BCUT2D eigenvalue weighted by Crippen LogP contribution is 2.29. The number of benzene rings is 1. The van der Waals surface area contributed by atoms with Gasteiger partial charge in [-0.3, -0.25) is 0 Å². The molecule has 0 aliphatic carbocycles. The van der Waals surface area contributed by atoms with E-state index in [0.29, 0.717) is 0 Å². The van der Waals surface area contributed by atoms with Gasteiger partial charge in [0.05, 0.1) is 6.10 Å². The van der Waals surface area contributed by atoms with Gasteiger partial charge in [0, 0.05) is 18.1 Å². The normalized spacial score (nSPS) is 14.1. The van der Waals surface area contributed by atoms with E-state index in [9.17, 15) is 13.2 Å². The Morgan fingerprint density at radius 2 is 1.93 bits per heavy atom. The standard InChI is InChI=1S/C10H11F3O/c1-6(14)8-5-7(10(2,12)13)3-4-9(8)11/h3-6,14H,1-2H3. The van der Waals surface area contributed by atoms with Crippen molar-refractivity contribution in [1.82, 2.24) is 0 Å². The summed E-state index contributed by atoms with van der Waals surface area (Å²) in [5.74, 6) is -3.69. The molecule has 0 radical (unpaired) electrons. The maximum atomic E-state index is 13.0. The fourth-order valence-corrected chi connectivity index (χ4v) is 1.14. The van der Waals surface area contributed by atoms with E-state index in [-0.39, 0.29) is 11.1 Å². The van der Waals surface area contributed by atoms with Gasteiger partial charge < -0.3 is 5.11 Å². The lowest BCUT2D eigenvalue weighted by atomic mass is 10.0. The van der Waals surface area contributed by atoms with E-state index in [0.717, 1.165) is 25.1 Å². The summed E-state index contributed by atoms with van der Waals surface area (Å²) >= 11 is 0. The zero-order valence-corrected chi connectivity index (χ0v) is 7.89. The van der Waals surface area contributed by atoms with Gasteiger partial charge in [-0.15, -0.1) is 0 Å². The minimum atomic E-state index is -3.02. The van der Waals surface area contributed by atoms with Crippen LogP contribution >= 0.6 is 0 Å². The van der Waals surface area contributed by atoms with Crippen molar-refractivity contribution in [2.24, 2.45) is 0 Å². The van der Waals surface area contributed by atoms with Crippen molar-refractivity contribution in [3.63, 3.8) is 0 Å². The van der Waals surface area contributed by atoms with Crippen molar-refractivity contribution in [2.75, 3.05) is 0 Å². The summed E-state index contributed by atoms with van der Waals surface area (Å²) < 4.78 is 38.7. The van der Waals surface area contributed by atoms with Crippen molar-refractivity contribution in [3.05, 3.63) is 35.1 Å². The van der Waals surface area contributed by atoms with Gasteiger partial charge >= 0.3 is 0 Å². The fourth-order valence-electron chi connectivity index (χ4n) is 1.14. The molecule has 1 nitrogen and oxygen atoms in total. The van der Waals surface area contributed by atoms with E-state index in [1.807, 2.05) is 0 Å². The third kappa shape index (κ3) is 2.26. The quantitative estimate of drug-likeness (QED) is 0.785. The topological polar surface area (TPSA) is 20.2 Å². The molecule has 0 spiro atoms. The molecule has 1 aromatic carbocycles. The van der Waals surface area contributed by atoms with Gasteiger partial charge in [-0.2, -0.15) is 0 Å². The molecule has 1 rings (SSSR count). The van der Waals surface area contributed by atoms with E-state index in [2.05, 4.69) is 0 Å². The van der Waals surface area contributed by atoms with Gasteiger partial charge in [0.25, 0.3) is 5.92 Å². The molecule has 1 unspecified atom stereocenters. The molecular formula is C10H11F3O. The van der Waals surface area contributed by atoms with E-state index in [1.54, 1.807) is 0 Å². The molecule has 78 valence electrons. The highest BCUT2D eigenvalue weighted by atomic mass is 19.3. The molecule has 0 saturated carbocycles. The van der Waals surface area contributed by atoms with Crippen LogP contribution in [0.2, 0.25) is 0 Å². The minimum absolute atomic E-state index is 0.107. The van der Waals surface area contributed by atoms with Crippen LogP contribution in [0.5, 0.6) is 0 Å². The Hall–Kier alpha value is -1.03. The zero-order valence-electron chi connectivity index (χ0n) is 7.89. The van der Waals surface area contributed by atoms with Crippen LogP contribution in [0.4, 0.5) is 13.2 Å². The number of hydrogen-bond donors (Lipinski definition) is 1. The Morgan fingerprint density at radius 3 is 2.36 bits per heavy atom. The van der Waals surface area contributed by atoms with Crippen LogP contribution in [-0.2, 0) is 5.92 Å². The van der Waals surface area contributed by atoms with Gasteiger partial charge in [0.15, 0.2) is 0 Å². The lowest BCUT2D eigenvalue weighted by Crippen LogP contribution is -2.09. The molecule has 0 aromatic heterocycles. The Balaban J connectivity index is 3.20. The molecule has 14 heavy (non-hydrogen) atoms. The summed E-state index contributed by atoms with van der Waals surface area (Å²) in [4.78, 5) is 0. The largest absolute Gasteiger partial charge is 0.389 e. The molecule has 1 N–H and O–H groups in total. The number of aliphatic hydroxyl groups is 1. The molecule has 0 saturated heterocycles. The monoisotopic (exact) mass is 204 g/mol. The van der Waals surface area contributed by atoms with E-state index < -0.39 is 17.8 Å². The maximum absolute atomic E-state index is 13.0. The predicted molar refractivity (Wildman–Crippen MR) is 46.6 cm³/mol. The first-order chi connectivity index (χ1) is 6.32. The van der Waals surface area contributed by atoms with Crippen LogP contribution in [0.3, 0.4) is 0 Å².